The van der Waals surface area contributed by atoms with E-state index in [2.05, 4.69) is 49.5 Å². The lowest BCUT2D eigenvalue weighted by Gasteiger charge is -2.34. The minimum atomic E-state index is 1.04. The Morgan fingerprint density at radius 1 is 1.06 bits per heavy atom. The summed E-state index contributed by atoms with van der Waals surface area (Å²) in [5.74, 6) is 0. The summed E-state index contributed by atoms with van der Waals surface area (Å²) in [5, 5.41) is 1.05. The van der Waals surface area contributed by atoms with Gasteiger partial charge in [-0.3, -0.25) is 4.90 Å². The lowest BCUT2D eigenvalue weighted by atomic mass is 10.2. The van der Waals surface area contributed by atoms with Crippen molar-refractivity contribution < 1.29 is 0 Å². The number of piperazine rings is 1. The number of benzene rings is 1. The zero-order valence-corrected chi connectivity index (χ0v) is 11.0. The van der Waals surface area contributed by atoms with E-state index >= 15 is 0 Å². The summed E-state index contributed by atoms with van der Waals surface area (Å²) >= 11 is 1.48. The monoisotopic (exact) mass is 260 g/mol. The molecule has 0 N–H and O–H groups in total. The van der Waals surface area contributed by atoms with Gasteiger partial charge in [-0.1, -0.05) is 30.3 Å². The van der Waals surface area contributed by atoms with E-state index in [0.29, 0.717) is 0 Å². The molecule has 2 heterocycles. The molecule has 1 fully saturated rings. The molecule has 0 spiro atoms. The molecular formula is C13H16N4S. The van der Waals surface area contributed by atoms with Crippen LogP contribution in [-0.2, 0) is 6.54 Å². The van der Waals surface area contributed by atoms with Crippen LogP contribution in [0.2, 0.25) is 0 Å². The third-order valence-electron chi connectivity index (χ3n) is 3.24. The van der Waals surface area contributed by atoms with E-state index in [0.717, 1.165) is 37.9 Å². The van der Waals surface area contributed by atoms with Crippen LogP contribution in [0, 0.1) is 0 Å². The molecule has 2 aromatic rings. The van der Waals surface area contributed by atoms with Crippen molar-refractivity contribution in [3.05, 3.63) is 42.2 Å². The summed E-state index contributed by atoms with van der Waals surface area (Å²) in [7, 11) is 0. The molecule has 0 amide bonds. The molecule has 0 bridgehead atoms. The Morgan fingerprint density at radius 3 is 2.50 bits per heavy atom. The van der Waals surface area contributed by atoms with E-state index in [-0.39, 0.29) is 0 Å². The van der Waals surface area contributed by atoms with Gasteiger partial charge in [-0.05, 0) is 5.56 Å². The van der Waals surface area contributed by atoms with Gasteiger partial charge in [-0.25, -0.2) is 4.98 Å². The third kappa shape index (κ3) is 2.68. The van der Waals surface area contributed by atoms with E-state index in [9.17, 15) is 0 Å². The fourth-order valence-corrected chi connectivity index (χ4v) is 2.83. The highest BCUT2D eigenvalue weighted by Crippen LogP contribution is 2.17. The zero-order chi connectivity index (χ0) is 12.2. The van der Waals surface area contributed by atoms with Crippen LogP contribution in [0.15, 0.2) is 36.7 Å². The van der Waals surface area contributed by atoms with Crippen LogP contribution in [0.3, 0.4) is 0 Å². The normalized spacial score (nSPS) is 17.0. The predicted molar refractivity (Wildman–Crippen MR) is 73.8 cm³/mol. The minimum Gasteiger partial charge on any atom is -0.344 e. The number of anilines is 1. The molecule has 0 saturated carbocycles. The summed E-state index contributed by atoms with van der Waals surface area (Å²) < 4.78 is 4.06. The Hall–Kier alpha value is -1.46. The number of nitrogens with zero attached hydrogens (tertiary/aromatic N) is 4. The largest absolute Gasteiger partial charge is 0.344 e. The van der Waals surface area contributed by atoms with Crippen molar-refractivity contribution in [1.29, 1.82) is 0 Å². The Bertz CT molecular complexity index is 463. The summed E-state index contributed by atoms with van der Waals surface area (Å²) in [6, 6.07) is 10.7. The van der Waals surface area contributed by atoms with Gasteiger partial charge >= 0.3 is 0 Å². The topological polar surface area (TPSA) is 32.3 Å². The Kier molecular flexibility index (Phi) is 3.52. The number of rotatable bonds is 3. The van der Waals surface area contributed by atoms with E-state index in [4.69, 9.17) is 0 Å². The highest BCUT2D eigenvalue weighted by molar-refractivity contribution is 7.09. The second-order valence-corrected chi connectivity index (χ2v) is 5.23. The van der Waals surface area contributed by atoms with Gasteiger partial charge in [0.15, 0.2) is 0 Å². The van der Waals surface area contributed by atoms with Crippen LogP contribution in [0.1, 0.15) is 5.56 Å². The van der Waals surface area contributed by atoms with Crippen molar-refractivity contribution >= 4 is 16.7 Å². The van der Waals surface area contributed by atoms with Crippen molar-refractivity contribution in [2.75, 3.05) is 31.1 Å². The van der Waals surface area contributed by atoms with Crippen molar-refractivity contribution in [2.45, 2.75) is 6.54 Å². The number of aromatic nitrogens is 2. The van der Waals surface area contributed by atoms with E-state index < -0.39 is 0 Å². The standard InChI is InChI=1S/C13H16N4S/c1-2-4-12(5-3-1)10-16-6-8-17(9-7-16)13-14-11-15-18-13/h1-5,11H,6-10H2. The molecule has 5 heteroatoms. The molecule has 1 aliphatic rings. The Morgan fingerprint density at radius 2 is 1.83 bits per heavy atom. The molecule has 18 heavy (non-hydrogen) atoms. The van der Waals surface area contributed by atoms with Crippen molar-refractivity contribution in [1.82, 2.24) is 14.3 Å². The summed E-state index contributed by atoms with van der Waals surface area (Å²) in [5.41, 5.74) is 1.39. The van der Waals surface area contributed by atoms with Crippen molar-refractivity contribution in [2.24, 2.45) is 0 Å². The highest BCUT2D eigenvalue weighted by atomic mass is 32.1. The molecule has 1 aromatic heterocycles. The average Bonchev–Trinajstić information content (AvgIpc) is 2.95. The smallest absolute Gasteiger partial charge is 0.205 e. The Labute approximate surface area is 111 Å². The molecule has 0 aliphatic carbocycles. The van der Waals surface area contributed by atoms with Gasteiger partial charge in [0.2, 0.25) is 5.13 Å². The first-order valence-corrected chi connectivity index (χ1v) is 6.97. The lowest BCUT2D eigenvalue weighted by molar-refractivity contribution is 0.250. The average molecular weight is 260 g/mol. The van der Waals surface area contributed by atoms with Crippen LogP contribution in [0.4, 0.5) is 5.13 Å². The minimum absolute atomic E-state index is 1.04. The van der Waals surface area contributed by atoms with Crippen LogP contribution >= 0.6 is 11.5 Å². The van der Waals surface area contributed by atoms with E-state index in [1.165, 1.54) is 17.1 Å². The van der Waals surface area contributed by atoms with Gasteiger partial charge in [0, 0.05) is 44.3 Å². The van der Waals surface area contributed by atoms with Crippen LogP contribution in [-0.4, -0.2) is 40.4 Å². The van der Waals surface area contributed by atoms with Gasteiger partial charge < -0.3 is 4.90 Å². The molecule has 0 atom stereocenters. The highest BCUT2D eigenvalue weighted by Gasteiger charge is 2.18. The molecule has 94 valence electrons. The van der Waals surface area contributed by atoms with Crippen molar-refractivity contribution in [3.63, 3.8) is 0 Å². The van der Waals surface area contributed by atoms with Crippen LogP contribution in [0.25, 0.3) is 0 Å². The summed E-state index contributed by atoms with van der Waals surface area (Å²) in [4.78, 5) is 9.08. The van der Waals surface area contributed by atoms with Gasteiger partial charge in [-0.15, -0.1) is 0 Å². The third-order valence-corrected chi connectivity index (χ3v) is 3.97. The summed E-state index contributed by atoms with van der Waals surface area (Å²) in [6.07, 6.45) is 1.64. The first-order chi connectivity index (χ1) is 8.92. The quantitative estimate of drug-likeness (QED) is 0.843. The van der Waals surface area contributed by atoms with Gasteiger partial charge in [-0.2, -0.15) is 4.37 Å². The molecule has 1 saturated heterocycles. The fourth-order valence-electron chi connectivity index (χ4n) is 2.25. The van der Waals surface area contributed by atoms with E-state index in [1.54, 1.807) is 6.33 Å². The van der Waals surface area contributed by atoms with E-state index in [1.807, 2.05) is 0 Å². The van der Waals surface area contributed by atoms with Gasteiger partial charge in [0.05, 0.1) is 0 Å². The lowest BCUT2D eigenvalue weighted by Crippen LogP contribution is -2.45. The second kappa shape index (κ2) is 5.46. The first kappa shape index (κ1) is 11.6. The van der Waals surface area contributed by atoms with Gasteiger partial charge in [0.1, 0.15) is 6.33 Å². The molecule has 4 nitrogen and oxygen atoms in total. The molecule has 1 aromatic carbocycles. The molecule has 0 unspecified atom stereocenters. The predicted octanol–water partition coefficient (Wildman–Crippen LogP) is 1.86. The molecule has 1 aliphatic heterocycles. The summed E-state index contributed by atoms with van der Waals surface area (Å²) in [6.45, 7) is 5.32. The van der Waals surface area contributed by atoms with Crippen LogP contribution in [0.5, 0.6) is 0 Å². The fraction of sp³-hybridized carbons (Fsp3) is 0.385. The maximum atomic E-state index is 4.26. The van der Waals surface area contributed by atoms with Crippen molar-refractivity contribution in [3.8, 4) is 0 Å². The first-order valence-electron chi connectivity index (χ1n) is 6.20. The van der Waals surface area contributed by atoms with Crippen LogP contribution < -0.4 is 4.90 Å². The zero-order valence-electron chi connectivity index (χ0n) is 10.2. The maximum absolute atomic E-state index is 4.26. The molecule has 0 radical (unpaired) electrons. The number of hydrogen-bond acceptors (Lipinski definition) is 5. The second-order valence-electron chi connectivity index (χ2n) is 4.47. The Balaban J connectivity index is 1.54. The maximum Gasteiger partial charge on any atom is 0.205 e. The SMILES string of the molecule is c1ccc(CN2CCN(c3ncns3)CC2)cc1. The van der Waals surface area contributed by atoms with Gasteiger partial charge in [0.25, 0.3) is 0 Å². The molecular weight excluding hydrogens is 244 g/mol. The molecule has 3 rings (SSSR count). The number of hydrogen-bond donors (Lipinski definition) is 0.